The normalized spacial score (nSPS) is 19.2. The molecule has 178 valence electrons. The second kappa shape index (κ2) is 8.52. The minimum Gasteiger partial charge on any atom is -0.497 e. The number of amides is 1. The van der Waals surface area contributed by atoms with Crippen LogP contribution < -0.4 is 9.64 Å². The van der Waals surface area contributed by atoms with E-state index in [1.165, 1.54) is 5.56 Å². The van der Waals surface area contributed by atoms with Gasteiger partial charge in [-0.2, -0.15) is 10.4 Å². The summed E-state index contributed by atoms with van der Waals surface area (Å²) in [6.07, 6.45) is 2.91. The van der Waals surface area contributed by atoms with Gasteiger partial charge in [0, 0.05) is 36.4 Å². The number of carbonyl (C=O) groups is 1. The summed E-state index contributed by atoms with van der Waals surface area (Å²) in [4.78, 5) is 18.1. The van der Waals surface area contributed by atoms with Crippen LogP contribution in [-0.4, -0.2) is 60.5 Å². The van der Waals surface area contributed by atoms with Gasteiger partial charge in [0.2, 0.25) is 0 Å². The van der Waals surface area contributed by atoms with Gasteiger partial charge in [-0.05, 0) is 61.2 Å². The first-order valence-electron chi connectivity index (χ1n) is 12.1. The lowest BCUT2D eigenvalue weighted by atomic mass is 10.00. The van der Waals surface area contributed by atoms with Crippen LogP contribution in [0.3, 0.4) is 0 Å². The minimum atomic E-state index is -0.141. The molecule has 1 amide bonds. The van der Waals surface area contributed by atoms with Crippen LogP contribution in [0.25, 0.3) is 5.69 Å². The summed E-state index contributed by atoms with van der Waals surface area (Å²) in [7, 11) is 1.61. The standard InChI is InChI=1S/C27H27N5O3/c1-34-22-8-6-21(7-9-22)32-25-23(24(18-28)29-32)10-13-31(26(25)33)20-4-2-19(3-5-20)27(11-12-27)30-14-16-35-17-15-30/h2-9H,10-17H2,1H3. The fourth-order valence-corrected chi connectivity index (χ4v) is 5.46. The van der Waals surface area contributed by atoms with E-state index in [-0.39, 0.29) is 11.4 Å². The van der Waals surface area contributed by atoms with E-state index >= 15 is 0 Å². The molecule has 3 aromatic rings. The van der Waals surface area contributed by atoms with Gasteiger partial charge in [-0.3, -0.25) is 9.69 Å². The molecule has 8 heteroatoms. The van der Waals surface area contributed by atoms with E-state index in [1.807, 2.05) is 24.3 Å². The van der Waals surface area contributed by atoms with Crippen molar-refractivity contribution in [1.29, 1.82) is 5.26 Å². The fraction of sp³-hybridized carbons (Fsp3) is 0.370. The van der Waals surface area contributed by atoms with Gasteiger partial charge in [0.1, 0.15) is 17.5 Å². The summed E-state index contributed by atoms with van der Waals surface area (Å²) in [5, 5.41) is 14.1. The predicted molar refractivity (Wildman–Crippen MR) is 130 cm³/mol. The average Bonchev–Trinajstić information content (AvgIpc) is 3.64. The molecule has 8 nitrogen and oxygen atoms in total. The van der Waals surface area contributed by atoms with Crippen molar-refractivity contribution in [1.82, 2.24) is 14.7 Å². The van der Waals surface area contributed by atoms with Crippen LogP contribution >= 0.6 is 0 Å². The van der Waals surface area contributed by atoms with Crippen molar-refractivity contribution in [2.45, 2.75) is 24.8 Å². The molecule has 1 aliphatic carbocycles. The first-order chi connectivity index (χ1) is 17.1. The minimum absolute atomic E-state index is 0.121. The van der Waals surface area contributed by atoms with Crippen LogP contribution in [-0.2, 0) is 16.7 Å². The van der Waals surface area contributed by atoms with Gasteiger partial charge in [0.05, 0.1) is 26.0 Å². The molecule has 0 bridgehead atoms. The number of methoxy groups -OCH3 is 1. The van der Waals surface area contributed by atoms with Gasteiger partial charge < -0.3 is 14.4 Å². The molecule has 0 unspecified atom stereocenters. The SMILES string of the molecule is COc1ccc(-n2nc(C#N)c3c2C(=O)N(c2ccc(C4(N5CCOCC5)CC4)cc2)CC3)cc1. The lowest BCUT2D eigenvalue weighted by molar-refractivity contribution is 0.00835. The van der Waals surface area contributed by atoms with Crippen LogP contribution in [0.1, 0.15) is 40.2 Å². The monoisotopic (exact) mass is 469 g/mol. The first-order valence-corrected chi connectivity index (χ1v) is 12.1. The first kappa shape index (κ1) is 21.8. The Bertz CT molecular complexity index is 1300. The third-order valence-electron chi connectivity index (χ3n) is 7.50. The number of benzene rings is 2. The van der Waals surface area contributed by atoms with E-state index in [1.54, 1.807) is 16.7 Å². The van der Waals surface area contributed by atoms with Crippen molar-refractivity contribution in [3.8, 4) is 17.5 Å². The zero-order valence-electron chi connectivity index (χ0n) is 19.7. The number of nitriles is 1. The highest BCUT2D eigenvalue weighted by Gasteiger charge is 2.49. The van der Waals surface area contributed by atoms with Gasteiger partial charge >= 0.3 is 0 Å². The van der Waals surface area contributed by atoms with Crippen molar-refractivity contribution in [2.24, 2.45) is 0 Å². The van der Waals surface area contributed by atoms with Gasteiger partial charge in [0.25, 0.3) is 5.91 Å². The van der Waals surface area contributed by atoms with Crippen LogP contribution in [0.15, 0.2) is 48.5 Å². The molecular weight excluding hydrogens is 442 g/mol. The molecular formula is C27H27N5O3. The highest BCUT2D eigenvalue weighted by atomic mass is 16.5. The Morgan fingerprint density at radius 1 is 1.00 bits per heavy atom. The van der Waals surface area contributed by atoms with Crippen LogP contribution in [0.5, 0.6) is 5.75 Å². The number of rotatable bonds is 5. The molecule has 1 saturated heterocycles. The topological polar surface area (TPSA) is 83.6 Å². The maximum Gasteiger partial charge on any atom is 0.277 e. The van der Waals surface area contributed by atoms with Gasteiger partial charge in [0.15, 0.2) is 5.69 Å². The van der Waals surface area contributed by atoms with Crippen molar-refractivity contribution < 1.29 is 14.3 Å². The molecule has 1 saturated carbocycles. The molecule has 3 heterocycles. The molecule has 2 aromatic carbocycles. The second-order valence-corrected chi connectivity index (χ2v) is 9.28. The summed E-state index contributed by atoms with van der Waals surface area (Å²) < 4.78 is 12.4. The van der Waals surface area contributed by atoms with Crippen molar-refractivity contribution in [2.75, 3.05) is 44.9 Å². The quantitative estimate of drug-likeness (QED) is 0.570. The zero-order valence-corrected chi connectivity index (χ0v) is 19.7. The second-order valence-electron chi connectivity index (χ2n) is 9.28. The molecule has 0 N–H and O–H groups in total. The number of morpholine rings is 1. The summed E-state index contributed by atoms with van der Waals surface area (Å²) in [6.45, 7) is 4.02. The van der Waals surface area contributed by atoms with Crippen molar-refractivity contribution in [3.63, 3.8) is 0 Å². The molecule has 1 aromatic heterocycles. The fourth-order valence-electron chi connectivity index (χ4n) is 5.46. The number of carbonyl (C=O) groups excluding carboxylic acids is 1. The Morgan fingerprint density at radius 2 is 1.69 bits per heavy atom. The van der Waals surface area contributed by atoms with Crippen molar-refractivity contribution in [3.05, 3.63) is 71.0 Å². The molecule has 0 atom stereocenters. The summed E-state index contributed by atoms with van der Waals surface area (Å²) in [5.74, 6) is 0.576. The van der Waals surface area contributed by atoms with Gasteiger partial charge in [-0.15, -0.1) is 0 Å². The van der Waals surface area contributed by atoms with Crippen molar-refractivity contribution >= 4 is 11.6 Å². The van der Waals surface area contributed by atoms with Gasteiger partial charge in [-0.1, -0.05) is 12.1 Å². The van der Waals surface area contributed by atoms with E-state index < -0.39 is 0 Å². The number of nitrogens with zero attached hydrogens (tertiary/aromatic N) is 5. The number of fused-ring (bicyclic) bond motifs is 1. The van der Waals surface area contributed by atoms with Crippen LogP contribution in [0, 0.1) is 11.3 Å². The molecule has 2 fully saturated rings. The Kier molecular flexibility index (Phi) is 5.32. The Hall–Kier alpha value is -3.67. The highest BCUT2D eigenvalue weighted by Crippen LogP contribution is 2.51. The smallest absolute Gasteiger partial charge is 0.277 e. The Labute approximate surface area is 204 Å². The summed E-state index contributed by atoms with van der Waals surface area (Å²) in [6, 6.07) is 17.9. The number of ether oxygens (including phenoxy) is 2. The third kappa shape index (κ3) is 3.59. The maximum absolute atomic E-state index is 13.7. The van der Waals surface area contributed by atoms with Crippen LogP contribution in [0.4, 0.5) is 5.69 Å². The van der Waals surface area contributed by atoms with Crippen LogP contribution in [0.2, 0.25) is 0 Å². The van der Waals surface area contributed by atoms with E-state index in [2.05, 4.69) is 40.3 Å². The number of hydrogen-bond acceptors (Lipinski definition) is 6. The van der Waals surface area contributed by atoms with Gasteiger partial charge in [-0.25, -0.2) is 4.68 Å². The summed E-state index contributed by atoms with van der Waals surface area (Å²) >= 11 is 0. The molecule has 35 heavy (non-hydrogen) atoms. The predicted octanol–water partition coefficient (Wildman–Crippen LogP) is 3.28. The van der Waals surface area contributed by atoms with E-state index in [9.17, 15) is 10.1 Å². The molecule has 6 rings (SSSR count). The molecule has 3 aliphatic rings. The zero-order chi connectivity index (χ0) is 24.0. The van der Waals surface area contributed by atoms with E-state index in [0.717, 1.165) is 50.5 Å². The van der Waals surface area contributed by atoms with E-state index in [4.69, 9.17) is 9.47 Å². The molecule has 0 radical (unpaired) electrons. The van der Waals surface area contributed by atoms with E-state index in [0.29, 0.717) is 35.7 Å². The number of aromatic nitrogens is 2. The molecule has 2 aliphatic heterocycles. The average molecular weight is 470 g/mol. The lowest BCUT2D eigenvalue weighted by Crippen LogP contribution is -2.43. The lowest BCUT2D eigenvalue weighted by Gasteiger charge is -2.35. The maximum atomic E-state index is 13.7. The summed E-state index contributed by atoms with van der Waals surface area (Å²) in [5.41, 5.74) is 4.48. The molecule has 0 spiro atoms. The number of hydrogen-bond donors (Lipinski definition) is 0. The third-order valence-corrected chi connectivity index (χ3v) is 7.50. The largest absolute Gasteiger partial charge is 0.497 e. The Morgan fingerprint density at radius 3 is 2.31 bits per heavy atom. The highest BCUT2D eigenvalue weighted by molar-refractivity contribution is 6.07. The number of anilines is 1. The Balaban J connectivity index is 1.30.